The van der Waals surface area contributed by atoms with E-state index in [2.05, 4.69) is 15.4 Å². The Labute approximate surface area is 135 Å². The highest BCUT2D eigenvalue weighted by atomic mass is 16.5. The maximum absolute atomic E-state index is 12.9. The zero-order valence-electron chi connectivity index (χ0n) is 13.6. The molecule has 0 bridgehead atoms. The summed E-state index contributed by atoms with van der Waals surface area (Å²) in [5.74, 6) is 0.614. The van der Waals surface area contributed by atoms with Crippen molar-refractivity contribution in [2.45, 2.75) is 37.6 Å². The van der Waals surface area contributed by atoms with Gasteiger partial charge in [0.2, 0.25) is 11.8 Å². The third-order valence-corrected chi connectivity index (χ3v) is 4.60. The van der Waals surface area contributed by atoms with Crippen LogP contribution < -0.4 is 10.1 Å². The third kappa shape index (κ3) is 2.93. The van der Waals surface area contributed by atoms with Gasteiger partial charge in [0.1, 0.15) is 0 Å². The molecule has 1 aliphatic rings. The van der Waals surface area contributed by atoms with Crippen LogP contribution in [0.5, 0.6) is 5.88 Å². The summed E-state index contributed by atoms with van der Waals surface area (Å²) in [5, 5.41) is 7.28. The monoisotopic (exact) mass is 314 g/mol. The summed E-state index contributed by atoms with van der Waals surface area (Å²) in [4.78, 5) is 17.1. The second-order valence-corrected chi connectivity index (χ2v) is 6.05. The first-order valence-corrected chi connectivity index (χ1v) is 7.91. The number of hydrogen-bond acceptors (Lipinski definition) is 4. The van der Waals surface area contributed by atoms with Crippen LogP contribution in [0.25, 0.3) is 0 Å². The summed E-state index contributed by atoms with van der Waals surface area (Å²) >= 11 is 0. The zero-order valence-corrected chi connectivity index (χ0v) is 13.6. The molecule has 0 spiro atoms. The van der Waals surface area contributed by atoms with Crippen LogP contribution in [0.4, 0.5) is 0 Å². The Morgan fingerprint density at radius 3 is 2.87 bits per heavy atom. The highest BCUT2D eigenvalue weighted by molar-refractivity contribution is 5.88. The first kappa shape index (κ1) is 15.5. The lowest BCUT2D eigenvalue weighted by Gasteiger charge is -2.27. The van der Waals surface area contributed by atoms with Crippen molar-refractivity contribution in [1.29, 1.82) is 0 Å². The second kappa shape index (κ2) is 6.40. The summed E-state index contributed by atoms with van der Waals surface area (Å²) in [5.41, 5.74) is 1.43. The molecule has 1 aliphatic carbocycles. The Bertz CT molecular complexity index is 675. The van der Waals surface area contributed by atoms with Gasteiger partial charge < -0.3 is 10.1 Å². The number of pyridine rings is 1. The fraction of sp³-hybridized carbons (Fsp3) is 0.471. The number of amides is 1. The fourth-order valence-corrected chi connectivity index (χ4v) is 3.43. The first-order chi connectivity index (χ1) is 11.2. The van der Waals surface area contributed by atoms with E-state index in [9.17, 15) is 4.79 Å². The molecule has 0 aromatic carbocycles. The van der Waals surface area contributed by atoms with Gasteiger partial charge >= 0.3 is 0 Å². The molecule has 6 heteroatoms. The van der Waals surface area contributed by atoms with Crippen molar-refractivity contribution in [2.75, 3.05) is 7.11 Å². The van der Waals surface area contributed by atoms with E-state index >= 15 is 0 Å². The lowest BCUT2D eigenvalue weighted by molar-refractivity contribution is -0.126. The van der Waals surface area contributed by atoms with Crippen LogP contribution in [0.1, 0.15) is 36.8 Å². The van der Waals surface area contributed by atoms with Crippen LogP contribution in [0.3, 0.4) is 0 Å². The quantitative estimate of drug-likeness (QED) is 0.916. The van der Waals surface area contributed by atoms with Gasteiger partial charge in [-0.3, -0.25) is 14.5 Å². The maximum Gasteiger partial charge on any atom is 0.237 e. The molecule has 3 rings (SSSR count). The largest absolute Gasteiger partial charge is 0.480 e. The van der Waals surface area contributed by atoms with E-state index in [-0.39, 0.29) is 5.91 Å². The molecule has 2 heterocycles. The zero-order chi connectivity index (χ0) is 16.3. The molecule has 0 unspecified atom stereocenters. The summed E-state index contributed by atoms with van der Waals surface area (Å²) in [6.07, 6.45) is 9.30. The fourth-order valence-electron chi connectivity index (χ4n) is 3.43. The molecular weight excluding hydrogens is 292 g/mol. The molecule has 1 saturated carbocycles. The van der Waals surface area contributed by atoms with Crippen molar-refractivity contribution in [2.24, 2.45) is 7.05 Å². The number of nitrogens with one attached hydrogen (secondary N) is 1. The predicted molar refractivity (Wildman–Crippen MR) is 86.0 cm³/mol. The summed E-state index contributed by atoms with van der Waals surface area (Å²) in [6.45, 7) is 0.415. The minimum absolute atomic E-state index is 0.0638. The van der Waals surface area contributed by atoms with E-state index in [1.807, 2.05) is 31.6 Å². The lowest BCUT2D eigenvalue weighted by Crippen LogP contribution is -2.42. The van der Waals surface area contributed by atoms with Crippen molar-refractivity contribution in [3.63, 3.8) is 0 Å². The summed E-state index contributed by atoms with van der Waals surface area (Å²) < 4.78 is 6.93. The average Bonchev–Trinajstić information content (AvgIpc) is 3.20. The van der Waals surface area contributed by atoms with E-state index in [0.717, 1.165) is 36.8 Å². The van der Waals surface area contributed by atoms with Gasteiger partial charge in [0, 0.05) is 32.2 Å². The lowest BCUT2D eigenvalue weighted by atomic mass is 9.78. The predicted octanol–water partition coefficient (Wildman–Crippen LogP) is 1.95. The Morgan fingerprint density at radius 1 is 1.43 bits per heavy atom. The number of ether oxygens (including phenoxy) is 1. The van der Waals surface area contributed by atoms with Crippen molar-refractivity contribution in [1.82, 2.24) is 20.1 Å². The SMILES string of the molecule is COc1nn(C)cc1CNC(=O)C1(c2cccnc2)CCCC1. The van der Waals surface area contributed by atoms with Crippen LogP contribution in [0.2, 0.25) is 0 Å². The number of aryl methyl sites for hydroxylation is 1. The molecule has 0 radical (unpaired) electrons. The van der Waals surface area contributed by atoms with E-state index in [1.165, 1.54) is 0 Å². The highest BCUT2D eigenvalue weighted by Crippen LogP contribution is 2.41. The van der Waals surface area contributed by atoms with Gasteiger partial charge in [0.25, 0.3) is 0 Å². The molecule has 2 aromatic rings. The van der Waals surface area contributed by atoms with E-state index in [0.29, 0.717) is 12.4 Å². The van der Waals surface area contributed by atoms with Gasteiger partial charge in [-0.15, -0.1) is 5.10 Å². The Morgan fingerprint density at radius 2 is 2.22 bits per heavy atom. The van der Waals surface area contributed by atoms with Gasteiger partial charge in [0.15, 0.2) is 0 Å². The Kier molecular flexibility index (Phi) is 4.32. The van der Waals surface area contributed by atoms with Crippen molar-refractivity contribution in [3.8, 4) is 5.88 Å². The average molecular weight is 314 g/mol. The molecule has 0 atom stereocenters. The number of carbonyl (C=O) groups excluding carboxylic acids is 1. The molecule has 1 fully saturated rings. The number of methoxy groups -OCH3 is 1. The molecule has 1 N–H and O–H groups in total. The van der Waals surface area contributed by atoms with Crippen molar-refractivity contribution < 1.29 is 9.53 Å². The molecule has 2 aromatic heterocycles. The minimum Gasteiger partial charge on any atom is -0.480 e. The van der Waals surface area contributed by atoms with E-state index < -0.39 is 5.41 Å². The second-order valence-electron chi connectivity index (χ2n) is 6.05. The maximum atomic E-state index is 12.9. The minimum atomic E-state index is -0.455. The van der Waals surface area contributed by atoms with Gasteiger partial charge in [0.05, 0.1) is 18.1 Å². The third-order valence-electron chi connectivity index (χ3n) is 4.60. The molecule has 23 heavy (non-hydrogen) atoms. The topological polar surface area (TPSA) is 69.0 Å². The van der Waals surface area contributed by atoms with Crippen LogP contribution in [-0.2, 0) is 23.8 Å². The molecule has 0 saturated heterocycles. The highest BCUT2D eigenvalue weighted by Gasteiger charge is 2.42. The van der Waals surface area contributed by atoms with Gasteiger partial charge in [-0.25, -0.2) is 0 Å². The van der Waals surface area contributed by atoms with Gasteiger partial charge in [-0.05, 0) is 24.5 Å². The van der Waals surface area contributed by atoms with E-state index in [1.54, 1.807) is 18.0 Å². The van der Waals surface area contributed by atoms with Crippen LogP contribution in [0, 0.1) is 0 Å². The van der Waals surface area contributed by atoms with Gasteiger partial charge in [-0.2, -0.15) is 0 Å². The van der Waals surface area contributed by atoms with Crippen LogP contribution in [0.15, 0.2) is 30.7 Å². The normalized spacial score (nSPS) is 16.3. The Hall–Kier alpha value is -2.37. The van der Waals surface area contributed by atoms with Crippen LogP contribution >= 0.6 is 0 Å². The van der Waals surface area contributed by atoms with E-state index in [4.69, 9.17) is 4.74 Å². The van der Waals surface area contributed by atoms with Crippen molar-refractivity contribution in [3.05, 3.63) is 41.9 Å². The number of hydrogen-bond donors (Lipinski definition) is 1. The molecule has 0 aliphatic heterocycles. The van der Waals surface area contributed by atoms with Crippen molar-refractivity contribution >= 4 is 5.91 Å². The molecule has 1 amide bonds. The molecular formula is C17H22N4O2. The Balaban J connectivity index is 1.77. The number of aromatic nitrogens is 3. The standard InChI is InChI=1S/C17H22N4O2/c1-21-12-13(15(20-21)23-2)10-19-16(22)17(7-3-4-8-17)14-6-5-9-18-11-14/h5-6,9,11-12H,3-4,7-8,10H2,1-2H3,(H,19,22). The smallest absolute Gasteiger partial charge is 0.237 e. The first-order valence-electron chi connectivity index (χ1n) is 7.91. The summed E-state index contributed by atoms with van der Waals surface area (Å²) in [6, 6.07) is 3.90. The number of carbonyl (C=O) groups is 1. The molecule has 122 valence electrons. The number of nitrogens with zero attached hydrogens (tertiary/aromatic N) is 3. The van der Waals surface area contributed by atoms with Gasteiger partial charge in [-0.1, -0.05) is 18.9 Å². The summed E-state index contributed by atoms with van der Waals surface area (Å²) in [7, 11) is 3.42. The molecule has 6 nitrogen and oxygen atoms in total. The number of rotatable bonds is 5. The van der Waals surface area contributed by atoms with Crippen LogP contribution in [-0.4, -0.2) is 27.8 Å².